The van der Waals surface area contributed by atoms with E-state index in [4.69, 9.17) is 0 Å². The van der Waals surface area contributed by atoms with Crippen molar-refractivity contribution in [2.75, 3.05) is 0 Å². The highest BCUT2D eigenvalue weighted by molar-refractivity contribution is 6.02. The predicted octanol–water partition coefficient (Wildman–Crippen LogP) is 3.84. The van der Waals surface area contributed by atoms with Gasteiger partial charge in [-0.3, -0.25) is 4.57 Å². The van der Waals surface area contributed by atoms with E-state index in [9.17, 15) is 4.39 Å². The van der Waals surface area contributed by atoms with Gasteiger partial charge in [0.1, 0.15) is 12.1 Å². The number of aryl methyl sites for hydroxylation is 1. The van der Waals surface area contributed by atoms with Crippen LogP contribution >= 0.6 is 0 Å². The van der Waals surface area contributed by atoms with E-state index in [2.05, 4.69) is 46.4 Å². The molecule has 4 nitrogen and oxygen atoms in total. The van der Waals surface area contributed by atoms with Crippen LogP contribution in [0.3, 0.4) is 0 Å². The number of rotatable bonds is 2. The molecule has 0 N–H and O–H groups in total. The summed E-state index contributed by atoms with van der Waals surface area (Å²) in [6.07, 6.45) is 2.40. The van der Waals surface area contributed by atoms with Crippen molar-refractivity contribution in [2.24, 2.45) is 4.99 Å². The molecule has 1 unspecified atom stereocenters. The summed E-state index contributed by atoms with van der Waals surface area (Å²) >= 11 is 0. The maximum atomic E-state index is 13.2. The molecular formula is C18H15FN4. The molecule has 5 heteroatoms. The Balaban J connectivity index is 1.77. The van der Waals surface area contributed by atoms with Gasteiger partial charge in [-0.25, -0.2) is 9.38 Å². The molecule has 0 spiro atoms. The third kappa shape index (κ3) is 2.54. The third-order valence-electron chi connectivity index (χ3n) is 4.15. The molecule has 0 fully saturated rings. The molecule has 1 aliphatic heterocycles. The second-order valence-corrected chi connectivity index (χ2v) is 5.73. The monoisotopic (exact) mass is 306 g/mol. The summed E-state index contributed by atoms with van der Waals surface area (Å²) in [6, 6.07) is 14.9. The Bertz CT molecular complexity index is 863. The Morgan fingerprint density at radius 1 is 1.04 bits per heavy atom. The Kier molecular flexibility index (Phi) is 3.26. The quantitative estimate of drug-likeness (QED) is 0.722. The van der Waals surface area contributed by atoms with Gasteiger partial charge in [0.05, 0.1) is 11.8 Å². The number of aliphatic imine (C=N–C) groups is 1. The first-order valence-electron chi connectivity index (χ1n) is 7.50. The van der Waals surface area contributed by atoms with E-state index in [1.165, 1.54) is 17.7 Å². The SMILES string of the molecule is Cc1ccc(C2=Nc3nncn3C(c3ccc(F)cc3)C2)cc1. The maximum Gasteiger partial charge on any atom is 0.251 e. The molecule has 0 aliphatic carbocycles. The van der Waals surface area contributed by atoms with Crippen molar-refractivity contribution in [3.8, 4) is 0 Å². The average Bonchev–Trinajstić information content (AvgIpc) is 3.04. The molecule has 1 atom stereocenters. The number of halogens is 1. The van der Waals surface area contributed by atoms with Gasteiger partial charge < -0.3 is 0 Å². The Morgan fingerprint density at radius 3 is 2.52 bits per heavy atom. The van der Waals surface area contributed by atoms with E-state index in [1.807, 2.05) is 16.7 Å². The van der Waals surface area contributed by atoms with Crippen LogP contribution in [0.5, 0.6) is 0 Å². The van der Waals surface area contributed by atoms with Gasteiger partial charge in [0.2, 0.25) is 0 Å². The zero-order valence-corrected chi connectivity index (χ0v) is 12.6. The summed E-state index contributed by atoms with van der Waals surface area (Å²) in [4.78, 5) is 4.63. The number of benzene rings is 2. The van der Waals surface area contributed by atoms with Crippen molar-refractivity contribution in [3.05, 3.63) is 77.4 Å². The number of fused-ring (bicyclic) bond motifs is 1. The van der Waals surface area contributed by atoms with Crippen molar-refractivity contribution in [1.82, 2.24) is 14.8 Å². The first kappa shape index (κ1) is 13.8. The van der Waals surface area contributed by atoms with E-state index in [-0.39, 0.29) is 11.9 Å². The highest BCUT2D eigenvalue weighted by atomic mass is 19.1. The van der Waals surface area contributed by atoms with Crippen molar-refractivity contribution >= 4 is 11.7 Å². The van der Waals surface area contributed by atoms with Crippen LogP contribution in [0.2, 0.25) is 0 Å². The van der Waals surface area contributed by atoms with Crippen LogP contribution in [0.15, 0.2) is 59.9 Å². The zero-order valence-electron chi connectivity index (χ0n) is 12.6. The minimum atomic E-state index is -0.235. The van der Waals surface area contributed by atoms with Gasteiger partial charge in [0.25, 0.3) is 5.95 Å². The van der Waals surface area contributed by atoms with Crippen LogP contribution in [0.4, 0.5) is 10.3 Å². The summed E-state index contributed by atoms with van der Waals surface area (Å²) in [5.41, 5.74) is 4.28. The molecule has 0 radical (unpaired) electrons. The lowest BCUT2D eigenvalue weighted by atomic mass is 9.95. The van der Waals surface area contributed by atoms with Crippen LogP contribution in [0, 0.1) is 12.7 Å². The molecule has 0 bridgehead atoms. The second kappa shape index (κ2) is 5.43. The van der Waals surface area contributed by atoms with Gasteiger partial charge in [0, 0.05) is 6.42 Å². The van der Waals surface area contributed by atoms with E-state index in [1.54, 1.807) is 6.33 Å². The number of aromatic nitrogens is 3. The molecule has 4 rings (SSSR count). The summed E-state index contributed by atoms with van der Waals surface area (Å²) in [6.45, 7) is 2.06. The second-order valence-electron chi connectivity index (χ2n) is 5.73. The number of hydrogen-bond donors (Lipinski definition) is 0. The van der Waals surface area contributed by atoms with Gasteiger partial charge in [0.15, 0.2) is 0 Å². The molecule has 1 aliphatic rings. The first-order chi connectivity index (χ1) is 11.2. The van der Waals surface area contributed by atoms with Gasteiger partial charge >= 0.3 is 0 Å². The molecule has 2 heterocycles. The Morgan fingerprint density at radius 2 is 1.78 bits per heavy atom. The fraction of sp³-hybridized carbons (Fsp3) is 0.167. The summed E-state index contributed by atoms with van der Waals surface area (Å²) < 4.78 is 15.1. The van der Waals surface area contributed by atoms with E-state index in [0.717, 1.165) is 23.3 Å². The lowest BCUT2D eigenvalue weighted by Crippen LogP contribution is -2.19. The molecule has 3 aromatic rings. The summed E-state index contributed by atoms with van der Waals surface area (Å²) in [5, 5.41) is 8.07. The van der Waals surface area contributed by atoms with Crippen LogP contribution < -0.4 is 0 Å². The smallest absolute Gasteiger partial charge is 0.251 e. The first-order valence-corrected chi connectivity index (χ1v) is 7.50. The molecule has 114 valence electrons. The molecule has 1 aromatic heterocycles. The largest absolute Gasteiger partial charge is 0.290 e. The minimum Gasteiger partial charge on any atom is -0.290 e. The van der Waals surface area contributed by atoms with E-state index < -0.39 is 0 Å². The van der Waals surface area contributed by atoms with E-state index in [0.29, 0.717) is 5.95 Å². The minimum absolute atomic E-state index is 0.0226. The van der Waals surface area contributed by atoms with Crippen molar-refractivity contribution in [2.45, 2.75) is 19.4 Å². The normalized spacial score (nSPS) is 16.8. The highest BCUT2D eigenvalue weighted by Gasteiger charge is 2.25. The van der Waals surface area contributed by atoms with Crippen LogP contribution in [-0.2, 0) is 0 Å². The third-order valence-corrected chi connectivity index (χ3v) is 4.15. The fourth-order valence-corrected chi connectivity index (χ4v) is 2.88. The Hall–Kier alpha value is -2.82. The zero-order chi connectivity index (χ0) is 15.8. The fourth-order valence-electron chi connectivity index (χ4n) is 2.88. The van der Waals surface area contributed by atoms with Crippen LogP contribution in [-0.4, -0.2) is 20.5 Å². The molecule has 2 aromatic carbocycles. The maximum absolute atomic E-state index is 13.2. The van der Waals surface area contributed by atoms with Gasteiger partial charge in [-0.05, 0) is 30.2 Å². The average molecular weight is 306 g/mol. The predicted molar refractivity (Wildman–Crippen MR) is 86.6 cm³/mol. The van der Waals surface area contributed by atoms with Gasteiger partial charge in [-0.1, -0.05) is 42.0 Å². The lowest BCUT2D eigenvalue weighted by Gasteiger charge is -2.24. The van der Waals surface area contributed by atoms with Crippen LogP contribution in [0.25, 0.3) is 0 Å². The lowest BCUT2D eigenvalue weighted by molar-refractivity contribution is 0.587. The van der Waals surface area contributed by atoms with Crippen LogP contribution in [0.1, 0.15) is 29.2 Å². The van der Waals surface area contributed by atoms with Crippen molar-refractivity contribution in [1.29, 1.82) is 0 Å². The molecule has 0 saturated carbocycles. The standard InChI is InChI=1S/C18H15FN4/c1-12-2-4-13(5-3-12)16-10-17(14-6-8-15(19)9-7-14)23-11-20-22-18(23)21-16/h2-9,11,17H,10H2,1H3. The molecule has 23 heavy (non-hydrogen) atoms. The van der Waals surface area contributed by atoms with Crippen molar-refractivity contribution in [3.63, 3.8) is 0 Å². The topological polar surface area (TPSA) is 43.1 Å². The summed E-state index contributed by atoms with van der Waals surface area (Å²) in [5.74, 6) is 0.349. The molecule has 0 amide bonds. The Labute approximate surface area is 133 Å². The van der Waals surface area contributed by atoms with E-state index >= 15 is 0 Å². The molecule has 0 saturated heterocycles. The highest BCUT2D eigenvalue weighted by Crippen LogP contribution is 2.32. The summed E-state index contributed by atoms with van der Waals surface area (Å²) in [7, 11) is 0. The van der Waals surface area contributed by atoms with Gasteiger partial charge in [-0.15, -0.1) is 10.2 Å². The molecular weight excluding hydrogens is 291 g/mol. The number of hydrogen-bond acceptors (Lipinski definition) is 3. The number of nitrogens with zero attached hydrogens (tertiary/aromatic N) is 4. The van der Waals surface area contributed by atoms with Crippen molar-refractivity contribution < 1.29 is 4.39 Å². The van der Waals surface area contributed by atoms with Gasteiger partial charge in [-0.2, -0.15) is 0 Å².